The number of hydrogen-bond acceptors (Lipinski definition) is 3. The number of aromatic nitrogens is 1. The molecule has 1 aromatic rings. The number of aliphatic imine (C=N–C) groups is 1. The van der Waals surface area contributed by atoms with Gasteiger partial charge in [-0.05, 0) is 26.0 Å². The van der Waals surface area contributed by atoms with Crippen molar-refractivity contribution in [2.75, 3.05) is 11.5 Å². The van der Waals surface area contributed by atoms with E-state index >= 15 is 0 Å². The molecule has 4 nitrogen and oxygen atoms in total. The van der Waals surface area contributed by atoms with E-state index in [1.807, 2.05) is 6.21 Å². The molecule has 2 heterocycles. The van der Waals surface area contributed by atoms with Crippen molar-refractivity contribution in [3.8, 4) is 0 Å². The quantitative estimate of drug-likeness (QED) is 0.320. The molecule has 1 aliphatic heterocycles. The highest BCUT2D eigenvalue weighted by atomic mass is 79.9. The third kappa shape index (κ3) is 4.20. The molecule has 1 atom stereocenters. The minimum atomic E-state index is -1.02. The molecule has 2 rings (SSSR count). The first-order chi connectivity index (χ1) is 9.79. The summed E-state index contributed by atoms with van der Waals surface area (Å²) in [5, 5.41) is 0. The summed E-state index contributed by atoms with van der Waals surface area (Å²) in [7, 11) is -1.02. The highest BCUT2D eigenvalue weighted by molar-refractivity contribution is 9.10. The molecule has 0 saturated heterocycles. The predicted molar refractivity (Wildman–Crippen MR) is 97.0 cm³/mol. The zero-order valence-electron chi connectivity index (χ0n) is 13.6. The predicted octanol–water partition coefficient (Wildman–Crippen LogP) is 4.45. The smallest absolute Gasteiger partial charge is 0.157 e. The van der Waals surface area contributed by atoms with Gasteiger partial charge in [-0.25, -0.2) is 4.99 Å². The van der Waals surface area contributed by atoms with Crippen LogP contribution in [0.25, 0.3) is 0 Å². The van der Waals surface area contributed by atoms with Crippen molar-refractivity contribution in [3.05, 3.63) is 12.3 Å². The maximum Gasteiger partial charge on any atom is 0.157 e. The van der Waals surface area contributed by atoms with Crippen molar-refractivity contribution >= 4 is 41.7 Å². The molecule has 0 spiro atoms. The Kier molecular flexibility index (Phi) is 5.32. The number of nitrogens with zero attached hydrogens (tertiary/aromatic N) is 3. The maximum atomic E-state index is 5.84. The summed E-state index contributed by atoms with van der Waals surface area (Å²) in [6.45, 7) is 12.9. The second-order valence-corrected chi connectivity index (χ2v) is 13.6. The fourth-order valence-corrected chi connectivity index (χ4v) is 3.91. The molecule has 0 aromatic carbocycles. The van der Waals surface area contributed by atoms with Crippen LogP contribution < -0.4 is 4.90 Å². The molecule has 0 saturated carbocycles. The summed E-state index contributed by atoms with van der Waals surface area (Å²) in [6, 6.07) is 3.74. The molecule has 1 aliphatic rings. The van der Waals surface area contributed by atoms with Crippen molar-refractivity contribution in [1.82, 2.24) is 4.57 Å². The SMILES string of the molecule is CC(C)N1c2ccn(COCC[Si](C)(C)C)c2N=CC1Br. The zero-order valence-corrected chi connectivity index (χ0v) is 16.2. The third-order valence-electron chi connectivity index (χ3n) is 3.56. The van der Waals surface area contributed by atoms with Crippen LogP contribution >= 0.6 is 15.9 Å². The third-order valence-corrected chi connectivity index (χ3v) is 5.94. The van der Waals surface area contributed by atoms with Crippen LogP contribution in [-0.4, -0.2) is 36.5 Å². The minimum Gasteiger partial charge on any atom is -0.361 e. The van der Waals surface area contributed by atoms with E-state index in [2.05, 4.69) is 76.1 Å². The molecule has 21 heavy (non-hydrogen) atoms. The van der Waals surface area contributed by atoms with Crippen molar-refractivity contribution in [2.24, 2.45) is 4.99 Å². The lowest BCUT2D eigenvalue weighted by Crippen LogP contribution is -2.39. The normalized spacial score (nSPS) is 18.4. The summed E-state index contributed by atoms with van der Waals surface area (Å²) in [6.07, 6.45) is 4.01. The number of rotatable bonds is 6. The van der Waals surface area contributed by atoms with Crippen LogP contribution in [0.5, 0.6) is 0 Å². The van der Waals surface area contributed by atoms with Crippen LogP contribution in [0.15, 0.2) is 17.3 Å². The summed E-state index contributed by atoms with van der Waals surface area (Å²) in [5.74, 6) is 0.993. The van der Waals surface area contributed by atoms with Gasteiger partial charge in [-0.3, -0.25) is 0 Å². The number of ether oxygens (including phenoxy) is 1. The standard InChI is InChI=1S/C15H26BrN3OSi/c1-12(2)19-13-6-7-18(15(13)17-10-14(19)16)11-20-8-9-21(3,4)5/h6-7,10,12,14H,8-9,11H2,1-5H3. The second-order valence-electron chi connectivity index (χ2n) is 6.99. The van der Waals surface area contributed by atoms with Crippen LogP contribution in [0.2, 0.25) is 25.7 Å². The summed E-state index contributed by atoms with van der Waals surface area (Å²) in [5.41, 5.74) is 1.17. The average Bonchev–Trinajstić information content (AvgIpc) is 2.75. The van der Waals surface area contributed by atoms with Crippen molar-refractivity contribution < 1.29 is 4.74 Å². The van der Waals surface area contributed by atoms with Gasteiger partial charge >= 0.3 is 0 Å². The van der Waals surface area contributed by atoms with Gasteiger partial charge in [-0.2, -0.15) is 0 Å². The summed E-state index contributed by atoms with van der Waals surface area (Å²) >= 11 is 3.66. The van der Waals surface area contributed by atoms with Gasteiger partial charge in [0.05, 0.1) is 5.69 Å². The lowest BCUT2D eigenvalue weighted by Gasteiger charge is -2.33. The minimum absolute atomic E-state index is 0.161. The van der Waals surface area contributed by atoms with Gasteiger partial charge in [-0.15, -0.1) is 0 Å². The number of fused-ring (bicyclic) bond motifs is 1. The summed E-state index contributed by atoms with van der Waals surface area (Å²) in [4.78, 5) is 7.05. The number of halogens is 1. The first-order valence-corrected chi connectivity index (χ1v) is 12.2. The molecular formula is C15H26BrN3OSi. The van der Waals surface area contributed by atoms with Crippen LogP contribution in [-0.2, 0) is 11.5 Å². The molecule has 0 bridgehead atoms. The Morgan fingerprint density at radius 3 is 2.71 bits per heavy atom. The Bertz CT molecular complexity index is 508. The topological polar surface area (TPSA) is 29.8 Å². The Morgan fingerprint density at radius 1 is 1.38 bits per heavy atom. The van der Waals surface area contributed by atoms with E-state index in [-0.39, 0.29) is 4.95 Å². The van der Waals surface area contributed by atoms with Gasteiger partial charge in [-0.1, -0.05) is 35.6 Å². The van der Waals surface area contributed by atoms with Crippen molar-refractivity contribution in [3.63, 3.8) is 0 Å². The Balaban J connectivity index is 2.02. The number of anilines is 1. The van der Waals surface area contributed by atoms with E-state index in [0.717, 1.165) is 12.4 Å². The van der Waals surface area contributed by atoms with Gasteiger partial charge < -0.3 is 14.2 Å². The first-order valence-electron chi connectivity index (χ1n) is 7.53. The van der Waals surface area contributed by atoms with Crippen molar-refractivity contribution in [2.45, 2.75) is 57.3 Å². The van der Waals surface area contributed by atoms with Crippen LogP contribution in [0.4, 0.5) is 11.5 Å². The average molecular weight is 372 g/mol. The highest BCUT2D eigenvalue weighted by Gasteiger charge is 2.26. The monoisotopic (exact) mass is 371 g/mol. The van der Waals surface area contributed by atoms with Gasteiger partial charge in [0.2, 0.25) is 0 Å². The fraction of sp³-hybridized carbons (Fsp3) is 0.667. The Morgan fingerprint density at radius 2 is 2.10 bits per heavy atom. The highest BCUT2D eigenvalue weighted by Crippen LogP contribution is 2.37. The molecule has 0 aliphatic carbocycles. The van der Waals surface area contributed by atoms with Crippen LogP contribution in [0, 0.1) is 0 Å². The first kappa shape index (κ1) is 16.8. The van der Waals surface area contributed by atoms with E-state index in [0.29, 0.717) is 12.8 Å². The molecule has 0 fully saturated rings. The summed E-state index contributed by atoms with van der Waals surface area (Å²) < 4.78 is 7.92. The van der Waals surface area contributed by atoms with Gasteiger partial charge in [0.1, 0.15) is 11.7 Å². The molecule has 1 unspecified atom stereocenters. The number of alkyl halides is 1. The number of hydrogen-bond donors (Lipinski definition) is 0. The van der Waals surface area contributed by atoms with Crippen molar-refractivity contribution in [1.29, 1.82) is 0 Å². The lowest BCUT2D eigenvalue weighted by atomic mass is 10.2. The van der Waals surface area contributed by atoms with E-state index < -0.39 is 8.07 Å². The Labute approximate surface area is 137 Å². The molecule has 0 radical (unpaired) electrons. The second kappa shape index (κ2) is 6.67. The van der Waals surface area contributed by atoms with E-state index in [1.165, 1.54) is 11.7 Å². The van der Waals surface area contributed by atoms with Crippen LogP contribution in [0.1, 0.15) is 13.8 Å². The molecule has 1 aromatic heterocycles. The van der Waals surface area contributed by atoms with E-state index in [4.69, 9.17) is 4.74 Å². The molecular weight excluding hydrogens is 346 g/mol. The largest absolute Gasteiger partial charge is 0.361 e. The zero-order chi connectivity index (χ0) is 15.6. The molecule has 0 N–H and O–H groups in total. The molecule has 6 heteroatoms. The lowest BCUT2D eigenvalue weighted by molar-refractivity contribution is 0.0886. The van der Waals surface area contributed by atoms with Gasteiger partial charge in [0.25, 0.3) is 0 Å². The van der Waals surface area contributed by atoms with E-state index in [9.17, 15) is 0 Å². The van der Waals surface area contributed by atoms with E-state index in [1.54, 1.807) is 0 Å². The van der Waals surface area contributed by atoms with Gasteiger partial charge in [0, 0.05) is 33.1 Å². The molecule has 118 valence electrons. The van der Waals surface area contributed by atoms with Gasteiger partial charge in [0.15, 0.2) is 5.82 Å². The maximum absolute atomic E-state index is 5.84. The van der Waals surface area contributed by atoms with Crippen LogP contribution in [0.3, 0.4) is 0 Å². The fourth-order valence-electron chi connectivity index (χ4n) is 2.34. The Hall–Kier alpha value is -0.593. The molecule has 0 amide bonds.